The zero-order valence-corrected chi connectivity index (χ0v) is 13.4. The third-order valence-corrected chi connectivity index (χ3v) is 3.80. The maximum absolute atomic E-state index is 11.8. The third-order valence-electron chi connectivity index (χ3n) is 2.87. The molecule has 0 aromatic heterocycles. The van der Waals surface area contributed by atoms with Crippen molar-refractivity contribution >= 4 is 33.8 Å². The molecule has 136 valence electrons. The predicted octanol–water partition coefficient (Wildman–Crippen LogP) is -1.89. The number of carboxylic acid groups (broad SMARTS) is 2. The fourth-order valence-electron chi connectivity index (χ4n) is 1.68. The number of sulfonamides is 1. The number of primary sulfonamides is 1. The molecular weight excluding hydrogens is 358 g/mol. The Hall–Kier alpha value is -2.99. The summed E-state index contributed by atoms with van der Waals surface area (Å²) >= 11 is 0. The summed E-state index contributed by atoms with van der Waals surface area (Å²) in [6.07, 6.45) is -0.815. The molecule has 1 aromatic carbocycles. The van der Waals surface area contributed by atoms with Crippen molar-refractivity contribution in [3.05, 3.63) is 29.8 Å². The molecule has 25 heavy (non-hydrogen) atoms. The zero-order chi connectivity index (χ0) is 19.2. The summed E-state index contributed by atoms with van der Waals surface area (Å²) < 4.78 is 22.2. The van der Waals surface area contributed by atoms with E-state index in [0.29, 0.717) is 0 Å². The molecule has 0 aliphatic heterocycles. The molecule has 1 rings (SSSR count). The number of nitrogens with two attached hydrogens (primary N) is 1. The molecular formula is C13H15N3O8S. The van der Waals surface area contributed by atoms with Crippen molar-refractivity contribution in [2.24, 2.45) is 5.14 Å². The number of hydrogen-bond acceptors (Lipinski definition) is 6. The van der Waals surface area contributed by atoms with Gasteiger partial charge in [-0.3, -0.25) is 14.4 Å². The van der Waals surface area contributed by atoms with Crippen LogP contribution in [0.2, 0.25) is 0 Å². The lowest BCUT2D eigenvalue weighted by Crippen LogP contribution is -2.46. The maximum Gasteiger partial charge on any atom is 0.326 e. The van der Waals surface area contributed by atoms with Crippen LogP contribution in [0.5, 0.6) is 0 Å². The highest BCUT2D eigenvalue weighted by Gasteiger charge is 2.23. The van der Waals surface area contributed by atoms with Crippen molar-refractivity contribution in [2.75, 3.05) is 6.54 Å². The molecule has 0 aliphatic carbocycles. The Kier molecular flexibility index (Phi) is 6.59. The summed E-state index contributed by atoms with van der Waals surface area (Å²) in [7, 11) is -3.90. The number of benzene rings is 1. The Bertz CT molecular complexity index is 788. The smallest absolute Gasteiger partial charge is 0.326 e. The molecule has 12 heteroatoms. The van der Waals surface area contributed by atoms with Gasteiger partial charge in [0.15, 0.2) is 0 Å². The summed E-state index contributed by atoms with van der Waals surface area (Å²) in [4.78, 5) is 44.5. The quantitative estimate of drug-likeness (QED) is 0.349. The topological polar surface area (TPSA) is 193 Å². The van der Waals surface area contributed by atoms with Gasteiger partial charge in [0.1, 0.15) is 6.04 Å². The van der Waals surface area contributed by atoms with E-state index in [4.69, 9.17) is 15.4 Å². The van der Waals surface area contributed by atoms with E-state index in [0.717, 1.165) is 12.1 Å². The summed E-state index contributed by atoms with van der Waals surface area (Å²) in [5.41, 5.74) is 0.0421. The van der Waals surface area contributed by atoms with Gasteiger partial charge in [-0.25, -0.2) is 18.4 Å². The number of carboxylic acids is 2. The first-order valence-electron chi connectivity index (χ1n) is 6.65. The summed E-state index contributed by atoms with van der Waals surface area (Å²) in [5, 5.41) is 26.4. The standard InChI is InChI=1S/C13H15N3O8S/c14-25(23,24)8-3-1-7(2-4-8)12(20)15-6-10(17)16-9(13(21)22)5-11(18)19/h1-4,9H,5-6H2,(H,15,20)(H,16,17)(H,18,19)(H,21,22)(H2,14,23,24). The normalized spacial score (nSPS) is 12.0. The third kappa shape index (κ3) is 6.56. The molecule has 0 bridgehead atoms. The van der Waals surface area contributed by atoms with Crippen molar-refractivity contribution in [2.45, 2.75) is 17.4 Å². The van der Waals surface area contributed by atoms with E-state index < -0.39 is 52.8 Å². The number of hydrogen-bond donors (Lipinski definition) is 5. The first-order valence-corrected chi connectivity index (χ1v) is 8.20. The van der Waals surface area contributed by atoms with Crippen LogP contribution in [0.15, 0.2) is 29.2 Å². The molecule has 2 amide bonds. The van der Waals surface area contributed by atoms with E-state index in [-0.39, 0.29) is 10.5 Å². The van der Waals surface area contributed by atoms with E-state index in [1.54, 1.807) is 0 Å². The average Bonchev–Trinajstić information content (AvgIpc) is 2.50. The summed E-state index contributed by atoms with van der Waals surface area (Å²) in [5.74, 6) is -4.56. The van der Waals surface area contributed by atoms with Crippen molar-refractivity contribution < 1.29 is 37.8 Å². The Balaban J connectivity index is 2.62. The van der Waals surface area contributed by atoms with E-state index in [9.17, 15) is 27.6 Å². The van der Waals surface area contributed by atoms with Gasteiger partial charge in [0, 0.05) is 5.56 Å². The molecule has 0 spiro atoms. The second kappa shape index (κ2) is 8.21. The maximum atomic E-state index is 11.8. The van der Waals surface area contributed by atoms with E-state index in [1.807, 2.05) is 5.32 Å². The van der Waals surface area contributed by atoms with Crippen LogP contribution < -0.4 is 15.8 Å². The minimum atomic E-state index is -3.90. The van der Waals surface area contributed by atoms with Gasteiger partial charge < -0.3 is 20.8 Å². The second-order valence-corrected chi connectivity index (χ2v) is 6.37. The van der Waals surface area contributed by atoms with Crippen molar-refractivity contribution in [1.82, 2.24) is 10.6 Å². The Labute approximate surface area is 141 Å². The largest absolute Gasteiger partial charge is 0.481 e. The lowest BCUT2D eigenvalue weighted by atomic mass is 10.2. The predicted molar refractivity (Wildman–Crippen MR) is 82.0 cm³/mol. The van der Waals surface area contributed by atoms with Crippen molar-refractivity contribution in [3.8, 4) is 0 Å². The van der Waals surface area contributed by atoms with E-state index in [1.165, 1.54) is 12.1 Å². The molecule has 0 saturated carbocycles. The Morgan fingerprint density at radius 1 is 1.08 bits per heavy atom. The Morgan fingerprint density at radius 2 is 1.64 bits per heavy atom. The van der Waals surface area contributed by atoms with Crippen molar-refractivity contribution in [1.29, 1.82) is 0 Å². The van der Waals surface area contributed by atoms with Crippen LogP contribution in [0, 0.1) is 0 Å². The fourth-order valence-corrected chi connectivity index (χ4v) is 2.19. The van der Waals surface area contributed by atoms with Gasteiger partial charge in [-0.15, -0.1) is 0 Å². The molecule has 1 aromatic rings. The first kappa shape index (κ1) is 20.1. The number of rotatable bonds is 8. The molecule has 1 atom stereocenters. The van der Waals surface area contributed by atoms with E-state index >= 15 is 0 Å². The minimum absolute atomic E-state index is 0.0421. The number of aliphatic carboxylic acids is 2. The van der Waals surface area contributed by atoms with Crippen LogP contribution in [0.3, 0.4) is 0 Å². The van der Waals surface area contributed by atoms with Crippen LogP contribution in [-0.4, -0.2) is 55.0 Å². The van der Waals surface area contributed by atoms with Gasteiger partial charge >= 0.3 is 11.9 Å². The van der Waals surface area contributed by atoms with Crippen molar-refractivity contribution in [3.63, 3.8) is 0 Å². The highest BCUT2D eigenvalue weighted by Crippen LogP contribution is 2.08. The molecule has 1 unspecified atom stereocenters. The van der Waals surface area contributed by atoms with Gasteiger partial charge in [0.25, 0.3) is 5.91 Å². The highest BCUT2D eigenvalue weighted by atomic mass is 32.2. The van der Waals surface area contributed by atoms with Crippen LogP contribution in [0.25, 0.3) is 0 Å². The zero-order valence-electron chi connectivity index (χ0n) is 12.6. The molecule has 0 fully saturated rings. The SMILES string of the molecule is NS(=O)(=O)c1ccc(C(=O)NCC(=O)NC(CC(=O)O)C(=O)O)cc1. The summed E-state index contributed by atoms with van der Waals surface area (Å²) in [6, 6.07) is 2.94. The molecule has 0 heterocycles. The van der Waals surface area contributed by atoms with Crippen LogP contribution in [-0.2, 0) is 24.4 Å². The van der Waals surface area contributed by atoms with Gasteiger partial charge in [-0.2, -0.15) is 0 Å². The first-order chi connectivity index (χ1) is 11.5. The second-order valence-electron chi connectivity index (χ2n) is 4.81. The van der Waals surface area contributed by atoms with Crippen LogP contribution in [0.1, 0.15) is 16.8 Å². The highest BCUT2D eigenvalue weighted by molar-refractivity contribution is 7.89. The number of nitrogens with one attached hydrogen (secondary N) is 2. The van der Waals surface area contributed by atoms with Gasteiger partial charge in [-0.1, -0.05) is 0 Å². The van der Waals surface area contributed by atoms with E-state index in [2.05, 4.69) is 5.32 Å². The van der Waals surface area contributed by atoms with Crippen LogP contribution >= 0.6 is 0 Å². The number of amides is 2. The van der Waals surface area contributed by atoms with Crippen LogP contribution in [0.4, 0.5) is 0 Å². The van der Waals surface area contributed by atoms with Gasteiger partial charge in [0.05, 0.1) is 17.9 Å². The molecule has 11 nitrogen and oxygen atoms in total. The lowest BCUT2D eigenvalue weighted by Gasteiger charge is -2.12. The summed E-state index contributed by atoms with van der Waals surface area (Å²) in [6.45, 7) is -0.598. The molecule has 0 saturated heterocycles. The number of carbonyl (C=O) groups is 4. The van der Waals surface area contributed by atoms with Gasteiger partial charge in [-0.05, 0) is 24.3 Å². The minimum Gasteiger partial charge on any atom is -0.481 e. The Morgan fingerprint density at radius 3 is 2.08 bits per heavy atom. The number of carbonyl (C=O) groups excluding carboxylic acids is 2. The lowest BCUT2D eigenvalue weighted by molar-refractivity contribution is -0.147. The average molecular weight is 373 g/mol. The fraction of sp³-hybridized carbons (Fsp3) is 0.231. The molecule has 0 radical (unpaired) electrons. The van der Waals surface area contributed by atoms with Gasteiger partial charge in [0.2, 0.25) is 15.9 Å². The monoisotopic (exact) mass is 373 g/mol. The molecule has 6 N–H and O–H groups in total. The molecule has 0 aliphatic rings.